The van der Waals surface area contributed by atoms with Crippen molar-refractivity contribution < 1.29 is 23.8 Å². The lowest BCUT2D eigenvalue weighted by molar-refractivity contribution is -0.141. The first-order chi connectivity index (χ1) is 8.95. The number of carbonyl (C=O) groups excluding carboxylic acids is 1. The summed E-state index contributed by atoms with van der Waals surface area (Å²) in [5.41, 5.74) is 4.82. The lowest BCUT2D eigenvalue weighted by Crippen LogP contribution is -2.04. The zero-order valence-electron chi connectivity index (χ0n) is 10.2. The molecule has 1 rings (SSSR count). The zero-order chi connectivity index (χ0) is 14.4. The monoisotopic (exact) mass is 265 g/mol. The van der Waals surface area contributed by atoms with Gasteiger partial charge >= 0.3 is 11.9 Å². The third kappa shape index (κ3) is 4.00. The van der Waals surface area contributed by atoms with Crippen molar-refractivity contribution in [3.05, 3.63) is 29.1 Å². The van der Waals surface area contributed by atoms with Gasteiger partial charge in [0.25, 0.3) is 0 Å². The Hall–Kier alpha value is -2.55. The Morgan fingerprint density at radius 3 is 2.74 bits per heavy atom. The molecule has 0 amide bonds. The van der Waals surface area contributed by atoms with Gasteiger partial charge in [0.05, 0.1) is 17.7 Å². The smallest absolute Gasteiger partial charge is 0.337 e. The van der Waals surface area contributed by atoms with E-state index in [-0.39, 0.29) is 29.8 Å². The molecule has 0 aliphatic heterocycles. The fourth-order valence-corrected chi connectivity index (χ4v) is 1.29. The molecule has 0 atom stereocenters. The largest absolute Gasteiger partial charge is 0.478 e. The van der Waals surface area contributed by atoms with Gasteiger partial charge in [-0.3, -0.25) is 4.79 Å². The molecule has 100 valence electrons. The molecular formula is C13H12FNO4. The summed E-state index contributed by atoms with van der Waals surface area (Å²) in [4.78, 5) is 21.8. The predicted octanol–water partition coefficient (Wildman–Crippen LogP) is 1.41. The number of nitrogens with two attached hydrogens (primary N) is 1. The minimum absolute atomic E-state index is 0.129. The van der Waals surface area contributed by atoms with Gasteiger partial charge in [-0.1, -0.05) is 11.8 Å². The number of carboxylic acids is 1. The van der Waals surface area contributed by atoms with Crippen LogP contribution in [-0.4, -0.2) is 23.7 Å². The standard InChI is InChI=1S/C13H12FNO4/c1-2-19-12(16)5-3-4-8-6-9(13(17)18)11(15)7-10(8)14/h6-7H,2,5,15H2,1H3,(H,17,18). The van der Waals surface area contributed by atoms with Crippen molar-refractivity contribution in [1.82, 2.24) is 0 Å². The molecule has 1 aromatic carbocycles. The minimum atomic E-state index is -1.27. The molecular weight excluding hydrogens is 253 g/mol. The molecule has 5 nitrogen and oxygen atoms in total. The molecule has 1 aromatic rings. The Balaban J connectivity index is 2.96. The SMILES string of the molecule is CCOC(=O)CC#Cc1cc(C(=O)O)c(N)cc1F. The molecule has 0 saturated heterocycles. The van der Waals surface area contributed by atoms with E-state index in [4.69, 9.17) is 10.8 Å². The number of carbonyl (C=O) groups is 2. The van der Waals surface area contributed by atoms with E-state index in [1.165, 1.54) is 0 Å². The highest BCUT2D eigenvalue weighted by Gasteiger charge is 2.12. The van der Waals surface area contributed by atoms with E-state index < -0.39 is 17.8 Å². The summed E-state index contributed by atoms with van der Waals surface area (Å²) in [5, 5.41) is 8.84. The van der Waals surface area contributed by atoms with Crippen LogP contribution in [0.4, 0.5) is 10.1 Å². The van der Waals surface area contributed by atoms with E-state index in [1.54, 1.807) is 6.92 Å². The Morgan fingerprint density at radius 2 is 2.16 bits per heavy atom. The maximum absolute atomic E-state index is 13.5. The van der Waals surface area contributed by atoms with Crippen molar-refractivity contribution in [2.24, 2.45) is 0 Å². The van der Waals surface area contributed by atoms with Crippen molar-refractivity contribution >= 4 is 17.6 Å². The lowest BCUT2D eigenvalue weighted by atomic mass is 10.1. The van der Waals surface area contributed by atoms with Gasteiger partial charge in [0, 0.05) is 5.69 Å². The number of anilines is 1. The highest BCUT2D eigenvalue weighted by Crippen LogP contribution is 2.17. The molecule has 0 spiro atoms. The number of rotatable bonds is 3. The third-order valence-electron chi connectivity index (χ3n) is 2.13. The van der Waals surface area contributed by atoms with Gasteiger partial charge in [-0.2, -0.15) is 0 Å². The summed E-state index contributed by atoms with van der Waals surface area (Å²) >= 11 is 0. The summed E-state index contributed by atoms with van der Waals surface area (Å²) in [5.74, 6) is 2.26. The second-order valence-electron chi connectivity index (χ2n) is 3.51. The number of halogens is 1. The fourth-order valence-electron chi connectivity index (χ4n) is 1.29. The molecule has 0 heterocycles. The Labute approximate surface area is 109 Å². The normalized spacial score (nSPS) is 9.37. The van der Waals surface area contributed by atoms with E-state index in [0.29, 0.717) is 0 Å². The fraction of sp³-hybridized carbons (Fsp3) is 0.231. The minimum Gasteiger partial charge on any atom is -0.478 e. The number of ether oxygens (including phenoxy) is 1. The Morgan fingerprint density at radius 1 is 1.47 bits per heavy atom. The molecule has 0 radical (unpaired) electrons. The molecule has 0 unspecified atom stereocenters. The van der Waals surface area contributed by atoms with Crippen LogP contribution in [0.25, 0.3) is 0 Å². The number of esters is 1. The molecule has 19 heavy (non-hydrogen) atoms. The van der Waals surface area contributed by atoms with Gasteiger partial charge in [0.2, 0.25) is 0 Å². The van der Waals surface area contributed by atoms with E-state index in [1.807, 2.05) is 0 Å². The van der Waals surface area contributed by atoms with Gasteiger partial charge < -0.3 is 15.6 Å². The predicted molar refractivity (Wildman–Crippen MR) is 65.9 cm³/mol. The maximum atomic E-state index is 13.5. The van der Waals surface area contributed by atoms with Crippen LogP contribution in [-0.2, 0) is 9.53 Å². The maximum Gasteiger partial charge on any atom is 0.337 e. The highest BCUT2D eigenvalue weighted by atomic mass is 19.1. The molecule has 0 aliphatic rings. The summed E-state index contributed by atoms with van der Waals surface area (Å²) in [6.45, 7) is 1.89. The summed E-state index contributed by atoms with van der Waals surface area (Å²) in [6.07, 6.45) is -0.194. The first kappa shape index (κ1) is 14.5. The van der Waals surface area contributed by atoms with Crippen molar-refractivity contribution in [3.63, 3.8) is 0 Å². The average molecular weight is 265 g/mol. The summed E-state index contributed by atoms with van der Waals surface area (Å²) < 4.78 is 18.1. The van der Waals surface area contributed by atoms with Crippen LogP contribution in [0.1, 0.15) is 29.3 Å². The van der Waals surface area contributed by atoms with E-state index in [2.05, 4.69) is 16.6 Å². The van der Waals surface area contributed by atoms with Crippen molar-refractivity contribution in [2.45, 2.75) is 13.3 Å². The van der Waals surface area contributed by atoms with E-state index in [9.17, 15) is 14.0 Å². The molecule has 0 fully saturated rings. The Bertz CT molecular complexity index is 572. The molecule has 0 aliphatic carbocycles. The van der Waals surface area contributed by atoms with Crippen LogP contribution in [0.2, 0.25) is 0 Å². The molecule has 0 aromatic heterocycles. The summed E-state index contributed by atoms with van der Waals surface area (Å²) in [6, 6.07) is 1.92. The van der Waals surface area contributed by atoms with Crippen LogP contribution in [0.15, 0.2) is 12.1 Å². The van der Waals surface area contributed by atoms with Crippen LogP contribution in [0.5, 0.6) is 0 Å². The number of hydrogen-bond acceptors (Lipinski definition) is 4. The quantitative estimate of drug-likeness (QED) is 0.490. The summed E-state index contributed by atoms with van der Waals surface area (Å²) in [7, 11) is 0. The number of benzene rings is 1. The van der Waals surface area contributed by atoms with Crippen LogP contribution < -0.4 is 5.73 Å². The average Bonchev–Trinajstić information content (AvgIpc) is 2.31. The second kappa shape index (κ2) is 6.40. The molecule has 6 heteroatoms. The van der Waals surface area contributed by atoms with Gasteiger partial charge in [-0.05, 0) is 19.1 Å². The van der Waals surface area contributed by atoms with Crippen molar-refractivity contribution in [2.75, 3.05) is 12.3 Å². The van der Waals surface area contributed by atoms with E-state index >= 15 is 0 Å². The van der Waals surface area contributed by atoms with Crippen LogP contribution in [0.3, 0.4) is 0 Å². The molecule has 0 saturated carbocycles. The van der Waals surface area contributed by atoms with Gasteiger partial charge in [0.15, 0.2) is 0 Å². The van der Waals surface area contributed by atoms with Gasteiger partial charge in [-0.15, -0.1) is 0 Å². The number of hydrogen-bond donors (Lipinski definition) is 2. The first-order valence-electron chi connectivity index (χ1n) is 5.42. The van der Waals surface area contributed by atoms with Crippen molar-refractivity contribution in [3.8, 4) is 11.8 Å². The van der Waals surface area contributed by atoms with Crippen LogP contribution >= 0.6 is 0 Å². The topological polar surface area (TPSA) is 89.6 Å². The number of nitrogen functional groups attached to an aromatic ring is 1. The van der Waals surface area contributed by atoms with E-state index in [0.717, 1.165) is 12.1 Å². The highest BCUT2D eigenvalue weighted by molar-refractivity contribution is 5.94. The molecule has 0 bridgehead atoms. The lowest BCUT2D eigenvalue weighted by Gasteiger charge is -2.02. The molecule has 3 N–H and O–H groups in total. The number of aromatic carboxylic acids is 1. The zero-order valence-corrected chi connectivity index (χ0v) is 10.2. The van der Waals surface area contributed by atoms with Crippen molar-refractivity contribution in [1.29, 1.82) is 0 Å². The first-order valence-corrected chi connectivity index (χ1v) is 5.42. The third-order valence-corrected chi connectivity index (χ3v) is 2.13. The number of carboxylic acid groups (broad SMARTS) is 1. The Kier molecular flexibility index (Phi) is 4.89. The van der Waals surface area contributed by atoms with Crippen LogP contribution in [0, 0.1) is 17.7 Å². The van der Waals surface area contributed by atoms with Gasteiger partial charge in [0.1, 0.15) is 12.2 Å². The second-order valence-corrected chi connectivity index (χ2v) is 3.51. The van der Waals surface area contributed by atoms with Gasteiger partial charge in [-0.25, -0.2) is 9.18 Å².